The van der Waals surface area contributed by atoms with Gasteiger partial charge >= 0.3 is 0 Å². The minimum Gasteiger partial charge on any atom is -0.455 e. The van der Waals surface area contributed by atoms with Crippen LogP contribution < -0.4 is 9.80 Å². The number of rotatable bonds is 13. The first-order valence-electron chi connectivity index (χ1n) is 34.8. The summed E-state index contributed by atoms with van der Waals surface area (Å²) < 4.78 is 17.8. The SMILES string of the molecule is c1cc(-c2ccc(N(c3ccc(-c4cccc5c4oc4ccccc45)cc3)c3ccc(-n4c5ccccc5c5ccccc54)cc3)cc2)cc(-c2cccc(-c3ccc(N(c4ccc(-c5cccc6c5oc5ccccc56)cc4)c4ccc(-n5c6ccccc6c6ccccc65)cc4)cc3)c2)c1. The van der Waals surface area contributed by atoms with E-state index < -0.39 is 0 Å². The maximum atomic E-state index is 6.52. The lowest BCUT2D eigenvalue weighted by Gasteiger charge is -2.26. The number of hydrogen-bond donors (Lipinski definition) is 0. The van der Waals surface area contributed by atoms with Gasteiger partial charge in [-0.3, -0.25) is 0 Å². The van der Waals surface area contributed by atoms with E-state index >= 15 is 0 Å². The van der Waals surface area contributed by atoms with Gasteiger partial charge in [0.25, 0.3) is 0 Å². The van der Waals surface area contributed by atoms with Crippen molar-refractivity contribution in [3.8, 4) is 67.0 Å². The molecule has 0 spiro atoms. The van der Waals surface area contributed by atoms with E-state index in [1.165, 1.54) is 43.6 Å². The van der Waals surface area contributed by atoms with E-state index in [1.807, 2.05) is 24.3 Å². The molecule has 16 aromatic carbocycles. The molecule has 0 saturated carbocycles. The maximum Gasteiger partial charge on any atom is 0.143 e. The number of aromatic nitrogens is 2. The third-order valence-corrected chi connectivity index (χ3v) is 20.6. The Bertz CT molecular complexity index is 6090. The van der Waals surface area contributed by atoms with Gasteiger partial charge in [0.2, 0.25) is 0 Å². The number of anilines is 6. The van der Waals surface area contributed by atoms with Crippen LogP contribution in [0, 0.1) is 0 Å². The lowest BCUT2D eigenvalue weighted by molar-refractivity contribution is 0.669. The molecule has 478 valence electrons. The van der Waals surface area contributed by atoms with Gasteiger partial charge in [-0.2, -0.15) is 0 Å². The Kier molecular flexibility index (Phi) is 13.8. The molecule has 20 rings (SSSR count). The van der Waals surface area contributed by atoms with Crippen LogP contribution in [0.2, 0.25) is 0 Å². The largest absolute Gasteiger partial charge is 0.455 e. The molecule has 0 aliphatic heterocycles. The molecule has 0 atom stereocenters. The number of para-hydroxylation sites is 8. The fraction of sp³-hybridized carbons (Fsp3) is 0. The number of nitrogens with zero attached hydrogens (tertiary/aromatic N) is 4. The molecule has 4 aromatic heterocycles. The molecule has 6 heteroatoms. The summed E-state index contributed by atoms with van der Waals surface area (Å²) in [7, 11) is 0. The van der Waals surface area contributed by atoms with E-state index in [9.17, 15) is 0 Å². The number of benzene rings is 16. The lowest BCUT2D eigenvalue weighted by atomic mass is 9.96. The summed E-state index contributed by atoms with van der Waals surface area (Å²) in [5.74, 6) is 0. The van der Waals surface area contributed by atoms with Crippen molar-refractivity contribution in [3.05, 3.63) is 376 Å². The summed E-state index contributed by atoms with van der Waals surface area (Å²) in [5.41, 5.74) is 28.0. The fourth-order valence-corrected chi connectivity index (χ4v) is 15.7. The first-order chi connectivity index (χ1) is 50.6. The number of hydrogen-bond acceptors (Lipinski definition) is 4. The lowest BCUT2D eigenvalue weighted by Crippen LogP contribution is -2.10. The van der Waals surface area contributed by atoms with Crippen LogP contribution >= 0.6 is 0 Å². The van der Waals surface area contributed by atoms with Crippen molar-refractivity contribution in [2.75, 3.05) is 9.80 Å². The third-order valence-electron chi connectivity index (χ3n) is 20.6. The van der Waals surface area contributed by atoms with Crippen LogP contribution in [0.15, 0.2) is 385 Å². The number of furan rings is 2. The van der Waals surface area contributed by atoms with Crippen LogP contribution in [0.25, 0.3) is 154 Å². The Hall–Kier alpha value is -13.7. The average molecular weight is 1300 g/mol. The molecule has 0 aliphatic carbocycles. The van der Waals surface area contributed by atoms with Gasteiger partial charge in [0.15, 0.2) is 0 Å². The topological polar surface area (TPSA) is 42.6 Å². The van der Waals surface area contributed by atoms with Gasteiger partial charge in [0.1, 0.15) is 22.3 Å². The average Bonchev–Trinajstić information content (AvgIpc) is 1.60. The molecule has 0 fully saturated rings. The van der Waals surface area contributed by atoms with Gasteiger partial charge in [0, 0.05) is 99.7 Å². The molecule has 0 N–H and O–H groups in total. The highest BCUT2D eigenvalue weighted by molar-refractivity contribution is 6.13. The molecule has 0 bridgehead atoms. The standard InChI is InChI=1S/C96H62N4O2/c1-7-31-89-81(21-1)82-22-2-8-32-90(82)99(89)77-57-53-75(54-58-77)97(73-49-41-65(42-50-73)79-27-15-29-87-85-25-5-11-35-93(85)101-95(79)87)71-45-37-63(38-46-71)67-17-13-19-69(61-67)70-20-14-18-68(62-70)64-39-47-72(48-40-64)98(74-51-43-66(44-52-74)80-28-16-30-88-86-26-6-12-36-94(86)102-96(80)88)76-55-59-78(60-56-76)100-91-33-9-3-23-83(91)84-24-4-10-34-92(84)100/h1-62H. The van der Waals surface area contributed by atoms with Crippen LogP contribution in [-0.4, -0.2) is 9.13 Å². The predicted molar refractivity (Wildman–Crippen MR) is 426 cm³/mol. The normalized spacial score (nSPS) is 11.7. The van der Waals surface area contributed by atoms with Crippen LogP contribution in [0.4, 0.5) is 34.1 Å². The molecule has 0 radical (unpaired) electrons. The molecule has 20 aromatic rings. The Morgan fingerprint density at radius 1 is 0.186 bits per heavy atom. The van der Waals surface area contributed by atoms with E-state index in [-0.39, 0.29) is 0 Å². The first kappa shape index (κ1) is 58.5. The summed E-state index contributed by atoms with van der Waals surface area (Å²) in [6, 6.07) is 136. The highest BCUT2D eigenvalue weighted by atomic mass is 16.3. The minimum absolute atomic E-state index is 0.891. The van der Waals surface area contributed by atoms with Crippen LogP contribution in [-0.2, 0) is 0 Å². The Morgan fingerprint density at radius 2 is 0.441 bits per heavy atom. The van der Waals surface area contributed by atoms with E-state index in [0.29, 0.717) is 0 Å². The third kappa shape index (κ3) is 9.87. The zero-order valence-corrected chi connectivity index (χ0v) is 55.4. The summed E-state index contributed by atoms with van der Waals surface area (Å²) in [4.78, 5) is 4.70. The van der Waals surface area contributed by atoms with Gasteiger partial charge in [-0.25, -0.2) is 0 Å². The van der Waals surface area contributed by atoms with Crippen molar-refractivity contribution in [1.82, 2.24) is 9.13 Å². The second-order valence-electron chi connectivity index (χ2n) is 26.4. The predicted octanol–water partition coefficient (Wildman–Crippen LogP) is 27.0. The zero-order valence-electron chi connectivity index (χ0n) is 55.4. The quantitative estimate of drug-likeness (QED) is 0.115. The van der Waals surface area contributed by atoms with Crippen molar-refractivity contribution >= 4 is 122 Å². The molecule has 6 nitrogen and oxygen atoms in total. The molecular formula is C96H62N4O2. The summed E-state index contributed by atoms with van der Waals surface area (Å²) in [6.45, 7) is 0. The van der Waals surface area contributed by atoms with E-state index in [1.54, 1.807) is 0 Å². The van der Waals surface area contributed by atoms with Gasteiger partial charge in [-0.05, 0) is 190 Å². The Balaban J connectivity index is 0.612. The van der Waals surface area contributed by atoms with Crippen LogP contribution in [0.5, 0.6) is 0 Å². The van der Waals surface area contributed by atoms with Crippen molar-refractivity contribution in [2.45, 2.75) is 0 Å². The zero-order chi connectivity index (χ0) is 67.2. The Labute approximate surface area is 588 Å². The summed E-state index contributed by atoms with van der Waals surface area (Å²) >= 11 is 0. The fourth-order valence-electron chi connectivity index (χ4n) is 15.7. The second-order valence-corrected chi connectivity index (χ2v) is 26.4. The molecular weight excluding hydrogens is 1240 g/mol. The first-order valence-corrected chi connectivity index (χ1v) is 34.8. The monoisotopic (exact) mass is 1300 g/mol. The summed E-state index contributed by atoms with van der Waals surface area (Å²) in [5, 5.41) is 9.44. The van der Waals surface area contributed by atoms with Crippen molar-refractivity contribution in [2.24, 2.45) is 0 Å². The van der Waals surface area contributed by atoms with Gasteiger partial charge in [-0.1, -0.05) is 231 Å². The highest BCUT2D eigenvalue weighted by Crippen LogP contribution is 2.45. The highest BCUT2D eigenvalue weighted by Gasteiger charge is 2.21. The van der Waals surface area contributed by atoms with Crippen molar-refractivity contribution in [1.29, 1.82) is 0 Å². The van der Waals surface area contributed by atoms with E-state index in [2.05, 4.69) is 371 Å². The van der Waals surface area contributed by atoms with Crippen LogP contribution in [0.3, 0.4) is 0 Å². The molecule has 0 amide bonds. The molecule has 0 unspecified atom stereocenters. The molecule has 0 saturated heterocycles. The number of fused-ring (bicyclic) bond motifs is 12. The van der Waals surface area contributed by atoms with Gasteiger partial charge in [0.05, 0.1) is 22.1 Å². The van der Waals surface area contributed by atoms with Crippen molar-refractivity contribution < 1.29 is 8.83 Å². The van der Waals surface area contributed by atoms with E-state index in [4.69, 9.17) is 8.83 Å². The molecule has 102 heavy (non-hydrogen) atoms. The minimum atomic E-state index is 0.891. The van der Waals surface area contributed by atoms with Gasteiger partial charge < -0.3 is 27.8 Å². The molecule has 4 heterocycles. The molecule has 0 aliphatic rings. The smallest absolute Gasteiger partial charge is 0.143 e. The van der Waals surface area contributed by atoms with E-state index in [0.717, 1.165) is 145 Å². The van der Waals surface area contributed by atoms with Gasteiger partial charge in [-0.15, -0.1) is 0 Å². The van der Waals surface area contributed by atoms with Crippen LogP contribution in [0.1, 0.15) is 0 Å². The maximum absolute atomic E-state index is 6.52. The second kappa shape index (κ2) is 24.1. The van der Waals surface area contributed by atoms with Crippen molar-refractivity contribution in [3.63, 3.8) is 0 Å². The Morgan fingerprint density at radius 3 is 0.775 bits per heavy atom. The summed E-state index contributed by atoms with van der Waals surface area (Å²) in [6.07, 6.45) is 0.